The number of ether oxygens (including phenoxy) is 1. The number of fused-ring (bicyclic) bond motifs is 1. The molecule has 3 amide bonds. The third-order valence-electron chi connectivity index (χ3n) is 3.67. The molecule has 0 bridgehead atoms. The highest BCUT2D eigenvalue weighted by Gasteiger charge is 2.50. The maximum atomic E-state index is 12.5. The molecule has 0 saturated carbocycles. The number of hydrogen-bond acceptors (Lipinski definition) is 4. The van der Waals surface area contributed by atoms with Gasteiger partial charge < -0.3 is 4.74 Å². The number of carbonyl (C=O) groups is 2. The van der Waals surface area contributed by atoms with Gasteiger partial charge in [-0.2, -0.15) is 4.90 Å². The third kappa shape index (κ3) is 2.61. The summed E-state index contributed by atoms with van der Waals surface area (Å²) in [7, 11) is 4.75. The van der Waals surface area contributed by atoms with Crippen molar-refractivity contribution in [2.75, 3.05) is 27.8 Å². The molecular formula is C14H21N4O3+. The number of amidine groups is 1. The number of carbonyl (C=O) groups excluding carboxylic acids is 2. The van der Waals surface area contributed by atoms with Gasteiger partial charge in [0.2, 0.25) is 0 Å². The van der Waals surface area contributed by atoms with Gasteiger partial charge >= 0.3 is 6.03 Å². The van der Waals surface area contributed by atoms with Crippen LogP contribution >= 0.6 is 0 Å². The lowest BCUT2D eigenvalue weighted by molar-refractivity contribution is -0.383. The molecule has 7 heteroatoms. The van der Waals surface area contributed by atoms with Crippen molar-refractivity contribution in [3.63, 3.8) is 0 Å². The molecule has 2 aliphatic heterocycles. The van der Waals surface area contributed by atoms with Crippen molar-refractivity contribution in [2.45, 2.75) is 19.9 Å². The van der Waals surface area contributed by atoms with Crippen LogP contribution < -0.4 is 4.99 Å². The fraction of sp³-hybridized carbons (Fsp3) is 0.571. The van der Waals surface area contributed by atoms with E-state index in [0.29, 0.717) is 18.2 Å². The second-order valence-electron chi connectivity index (χ2n) is 5.35. The number of amides is 3. The van der Waals surface area contributed by atoms with E-state index < -0.39 is 5.92 Å². The zero-order chi connectivity index (χ0) is 15.7. The van der Waals surface area contributed by atoms with Crippen molar-refractivity contribution in [3.05, 3.63) is 11.8 Å². The summed E-state index contributed by atoms with van der Waals surface area (Å²) in [6, 6.07) is -0.412. The van der Waals surface area contributed by atoms with Crippen LogP contribution in [-0.2, 0) is 9.53 Å². The van der Waals surface area contributed by atoms with Crippen molar-refractivity contribution >= 4 is 23.5 Å². The van der Waals surface area contributed by atoms with Gasteiger partial charge in [0, 0.05) is 19.7 Å². The number of urea groups is 1. The van der Waals surface area contributed by atoms with Gasteiger partial charge in [-0.15, -0.1) is 0 Å². The first-order valence-corrected chi connectivity index (χ1v) is 6.80. The molecule has 0 aromatic carbocycles. The monoisotopic (exact) mass is 293 g/mol. The van der Waals surface area contributed by atoms with Gasteiger partial charge in [0.05, 0.1) is 31.6 Å². The molecule has 2 atom stereocenters. The molecule has 0 aromatic rings. The van der Waals surface area contributed by atoms with Gasteiger partial charge in [-0.05, 0) is 13.8 Å². The molecule has 21 heavy (non-hydrogen) atoms. The van der Waals surface area contributed by atoms with Gasteiger partial charge in [0.25, 0.3) is 11.7 Å². The Balaban J connectivity index is 2.45. The van der Waals surface area contributed by atoms with E-state index >= 15 is 0 Å². The first-order valence-electron chi connectivity index (χ1n) is 6.80. The first kappa shape index (κ1) is 15.4. The molecule has 2 aliphatic rings. The summed E-state index contributed by atoms with van der Waals surface area (Å²) >= 11 is 0. The predicted molar refractivity (Wildman–Crippen MR) is 77.9 cm³/mol. The summed E-state index contributed by atoms with van der Waals surface area (Å²) in [5.74, 6) is -0.282. The van der Waals surface area contributed by atoms with Crippen LogP contribution in [0.5, 0.6) is 0 Å². The molecule has 0 spiro atoms. The van der Waals surface area contributed by atoms with Gasteiger partial charge in [0.15, 0.2) is 5.92 Å². The number of nitrogens with zero attached hydrogens (tertiary/aromatic N) is 3. The average molecular weight is 293 g/mol. The quantitative estimate of drug-likeness (QED) is 0.725. The number of hydrogen-bond donors (Lipinski definition) is 1. The Morgan fingerprint density at radius 3 is 2.67 bits per heavy atom. The Morgan fingerprint density at radius 2 is 2.05 bits per heavy atom. The zero-order valence-electron chi connectivity index (χ0n) is 13.0. The third-order valence-corrected chi connectivity index (χ3v) is 3.67. The fourth-order valence-electron chi connectivity index (χ4n) is 2.53. The molecule has 2 unspecified atom stereocenters. The molecule has 2 rings (SSSR count). The Kier molecular flexibility index (Phi) is 4.22. The molecule has 7 nitrogen and oxygen atoms in total. The van der Waals surface area contributed by atoms with Crippen LogP contribution in [0.3, 0.4) is 0 Å². The van der Waals surface area contributed by atoms with E-state index in [-0.39, 0.29) is 18.0 Å². The van der Waals surface area contributed by atoms with Crippen molar-refractivity contribution in [1.29, 1.82) is 0 Å². The highest BCUT2D eigenvalue weighted by molar-refractivity contribution is 6.31. The van der Waals surface area contributed by atoms with Crippen molar-refractivity contribution in [2.24, 2.45) is 10.9 Å². The van der Waals surface area contributed by atoms with Crippen LogP contribution in [0.1, 0.15) is 13.8 Å². The van der Waals surface area contributed by atoms with Crippen LogP contribution in [0.15, 0.2) is 16.8 Å². The van der Waals surface area contributed by atoms with Crippen LogP contribution in [0.25, 0.3) is 0 Å². The van der Waals surface area contributed by atoms with E-state index in [4.69, 9.17) is 4.74 Å². The highest BCUT2D eigenvalue weighted by atomic mass is 16.5. The van der Waals surface area contributed by atoms with E-state index in [1.54, 1.807) is 20.4 Å². The summed E-state index contributed by atoms with van der Waals surface area (Å²) in [4.78, 5) is 34.7. The number of allylic oxidation sites excluding steroid dienone is 1. The minimum atomic E-state index is -0.568. The molecule has 0 radical (unpaired) electrons. The lowest BCUT2D eigenvalue weighted by Gasteiger charge is -2.32. The van der Waals surface area contributed by atoms with E-state index in [9.17, 15) is 9.59 Å². The van der Waals surface area contributed by atoms with Gasteiger partial charge in [0.1, 0.15) is 0 Å². The van der Waals surface area contributed by atoms with Gasteiger partial charge in [-0.25, -0.2) is 14.7 Å². The smallest absolute Gasteiger partial charge is 0.382 e. The molecule has 1 fully saturated rings. The van der Waals surface area contributed by atoms with E-state index in [2.05, 4.69) is 9.98 Å². The predicted octanol–water partition coefficient (Wildman–Crippen LogP) is -1.00. The van der Waals surface area contributed by atoms with Crippen molar-refractivity contribution in [3.8, 4) is 0 Å². The fourth-order valence-corrected chi connectivity index (χ4v) is 2.53. The second-order valence-corrected chi connectivity index (χ2v) is 5.35. The first-order chi connectivity index (χ1) is 9.88. The number of nitrogens with one attached hydrogen (secondary N) is 1. The molecular weight excluding hydrogens is 272 g/mol. The molecule has 0 aliphatic carbocycles. The minimum Gasteiger partial charge on any atom is -0.382 e. The molecule has 114 valence electrons. The summed E-state index contributed by atoms with van der Waals surface area (Å²) in [5.41, 5.74) is 1.57. The largest absolute Gasteiger partial charge is 0.417 e. The molecule has 1 saturated heterocycles. The van der Waals surface area contributed by atoms with Crippen LogP contribution in [0.4, 0.5) is 4.79 Å². The normalized spacial score (nSPS) is 25.8. The van der Waals surface area contributed by atoms with Gasteiger partial charge in [-0.3, -0.25) is 9.79 Å². The van der Waals surface area contributed by atoms with Crippen molar-refractivity contribution in [1.82, 2.24) is 9.80 Å². The van der Waals surface area contributed by atoms with Gasteiger partial charge in [-0.1, -0.05) is 0 Å². The minimum absolute atomic E-state index is 0.0614. The summed E-state index contributed by atoms with van der Waals surface area (Å²) in [6.45, 7) is 4.30. The molecule has 2 heterocycles. The summed E-state index contributed by atoms with van der Waals surface area (Å²) in [5, 5.41) is 0. The summed E-state index contributed by atoms with van der Waals surface area (Å²) in [6.07, 6.45) is 1.77. The number of imide groups is 1. The lowest BCUT2D eigenvalue weighted by Crippen LogP contribution is -2.80. The molecule has 0 aromatic heterocycles. The standard InChI is InChI=1S/C14H20N4O3/c1-8-6-15-12-10(11(8)16-9(2)7-21-5)13(19)18(4)14(20)17(12)3/h6,9-10H,7H2,1-5H3/p+1. The molecule has 1 N–H and O–H groups in total. The lowest BCUT2D eigenvalue weighted by atomic mass is 9.90. The zero-order valence-corrected chi connectivity index (χ0v) is 13.0. The van der Waals surface area contributed by atoms with Crippen molar-refractivity contribution < 1.29 is 19.3 Å². The number of rotatable bonds is 3. The second kappa shape index (κ2) is 5.77. The SMILES string of the molecule is COCC(C)N=C1C(C)=C[NH+]=C2C1C(=O)N(C)C(=O)N2C. The van der Waals surface area contributed by atoms with Crippen LogP contribution in [0.2, 0.25) is 0 Å². The van der Waals surface area contributed by atoms with E-state index in [1.807, 2.05) is 13.8 Å². The topological polar surface area (TPSA) is 76.2 Å². The maximum absolute atomic E-state index is 12.5. The number of aliphatic imine (C=N–C) groups is 1. The van der Waals surface area contributed by atoms with E-state index in [0.717, 1.165) is 10.5 Å². The van der Waals surface area contributed by atoms with Crippen LogP contribution in [-0.4, -0.2) is 67.1 Å². The maximum Gasteiger partial charge on any atom is 0.417 e. The highest BCUT2D eigenvalue weighted by Crippen LogP contribution is 2.21. The van der Waals surface area contributed by atoms with Crippen LogP contribution in [0, 0.1) is 5.92 Å². The summed E-state index contributed by atoms with van der Waals surface area (Å²) < 4.78 is 5.09. The number of methoxy groups -OCH3 is 1. The Hall–Kier alpha value is -2.02. The van der Waals surface area contributed by atoms with E-state index in [1.165, 1.54) is 11.9 Å². The Bertz CT molecular complexity index is 565. The Morgan fingerprint density at radius 1 is 1.38 bits per heavy atom. The average Bonchev–Trinajstić information content (AvgIpc) is 2.45. The Labute approximate surface area is 124 Å².